The van der Waals surface area contributed by atoms with Gasteiger partial charge in [-0.25, -0.2) is 26.3 Å². The van der Waals surface area contributed by atoms with Gasteiger partial charge in [0.1, 0.15) is 17.5 Å². The highest BCUT2D eigenvalue weighted by Gasteiger charge is 2.35. The molecule has 0 saturated carbocycles. The normalized spacial score (nSPS) is 12.4. The first kappa shape index (κ1) is 18.3. The van der Waals surface area contributed by atoms with Crippen molar-refractivity contribution in [2.24, 2.45) is 0 Å². The molecule has 0 amide bonds. The molecule has 0 fully saturated rings. The van der Waals surface area contributed by atoms with E-state index in [1.54, 1.807) is 4.72 Å². The van der Waals surface area contributed by atoms with Gasteiger partial charge < -0.3 is 0 Å². The van der Waals surface area contributed by atoms with Gasteiger partial charge >= 0.3 is 6.18 Å². The molecule has 0 aliphatic heterocycles. The molecule has 24 heavy (non-hydrogen) atoms. The van der Waals surface area contributed by atoms with Crippen LogP contribution >= 0.6 is 0 Å². The van der Waals surface area contributed by atoms with Crippen LogP contribution in [0, 0.1) is 17.5 Å². The van der Waals surface area contributed by atoms with E-state index in [-0.39, 0.29) is 0 Å². The third-order valence-electron chi connectivity index (χ3n) is 3.02. The van der Waals surface area contributed by atoms with Crippen molar-refractivity contribution < 1.29 is 34.8 Å². The van der Waals surface area contributed by atoms with Gasteiger partial charge in [0, 0.05) is 12.1 Å². The zero-order valence-corrected chi connectivity index (χ0v) is 12.5. The summed E-state index contributed by atoms with van der Waals surface area (Å²) in [4.78, 5) is -1.29. The molecule has 3 nitrogen and oxygen atoms in total. The number of nitrogens with one attached hydrogen (secondary N) is 1. The van der Waals surface area contributed by atoms with Crippen LogP contribution in [0.4, 0.5) is 26.3 Å². The molecule has 130 valence electrons. The largest absolute Gasteiger partial charge is 0.419 e. The molecule has 0 aliphatic rings. The summed E-state index contributed by atoms with van der Waals surface area (Å²) >= 11 is 0. The van der Waals surface area contributed by atoms with Gasteiger partial charge in [-0.2, -0.15) is 13.2 Å². The molecule has 0 spiro atoms. The van der Waals surface area contributed by atoms with Crippen LogP contribution in [0.3, 0.4) is 0 Å². The predicted octanol–water partition coefficient (Wildman–Crippen LogP) is 3.60. The Bertz CT molecular complexity index is 844. The standard InChI is InChI=1S/C14H9F6NO2S/c15-10-5-2-6-11(16)13(10)24(22,23)21-7-8-3-1-4-9(12(8)17)14(18,19)20/h1-6,21H,7H2. The molecule has 0 heterocycles. The zero-order chi connectivity index (χ0) is 18.1. The maximum absolute atomic E-state index is 13.8. The summed E-state index contributed by atoms with van der Waals surface area (Å²) < 4.78 is 104. The van der Waals surface area contributed by atoms with Gasteiger partial charge in [-0.05, 0) is 18.2 Å². The third-order valence-corrected chi connectivity index (χ3v) is 4.48. The van der Waals surface area contributed by atoms with E-state index in [9.17, 15) is 34.8 Å². The van der Waals surface area contributed by atoms with Gasteiger partial charge in [0.25, 0.3) is 0 Å². The van der Waals surface area contributed by atoms with Gasteiger partial charge in [0.05, 0.1) is 5.56 Å². The predicted molar refractivity (Wildman–Crippen MR) is 71.8 cm³/mol. The monoisotopic (exact) mass is 369 g/mol. The molecule has 0 saturated heterocycles. The summed E-state index contributed by atoms with van der Waals surface area (Å²) in [5, 5.41) is 0. The van der Waals surface area contributed by atoms with Crippen molar-refractivity contribution in [3.8, 4) is 0 Å². The Kier molecular flexibility index (Phi) is 4.90. The fraction of sp³-hybridized carbons (Fsp3) is 0.143. The highest BCUT2D eigenvalue weighted by atomic mass is 32.2. The van der Waals surface area contributed by atoms with Gasteiger partial charge in [-0.1, -0.05) is 18.2 Å². The van der Waals surface area contributed by atoms with E-state index in [0.29, 0.717) is 18.2 Å². The lowest BCUT2D eigenvalue weighted by molar-refractivity contribution is -0.140. The number of hydrogen-bond donors (Lipinski definition) is 1. The fourth-order valence-electron chi connectivity index (χ4n) is 1.92. The molecule has 0 atom stereocenters. The Morgan fingerprint density at radius 3 is 2.00 bits per heavy atom. The molecule has 1 N–H and O–H groups in total. The van der Waals surface area contributed by atoms with E-state index < -0.39 is 56.2 Å². The molecular formula is C14H9F6NO2S. The average molecular weight is 369 g/mol. The minimum atomic E-state index is -4.96. The molecule has 2 rings (SSSR count). The first-order valence-corrected chi connectivity index (χ1v) is 7.80. The van der Waals surface area contributed by atoms with E-state index in [4.69, 9.17) is 0 Å². The number of halogens is 6. The first-order valence-electron chi connectivity index (χ1n) is 6.32. The quantitative estimate of drug-likeness (QED) is 0.837. The van der Waals surface area contributed by atoms with E-state index in [2.05, 4.69) is 0 Å². The topological polar surface area (TPSA) is 46.2 Å². The molecule has 10 heteroatoms. The maximum Gasteiger partial charge on any atom is 0.419 e. The minimum Gasteiger partial charge on any atom is -0.207 e. The second-order valence-electron chi connectivity index (χ2n) is 4.65. The van der Waals surface area contributed by atoms with Crippen molar-refractivity contribution in [2.45, 2.75) is 17.6 Å². The Labute approximate surface area is 133 Å². The van der Waals surface area contributed by atoms with Gasteiger partial charge in [0.2, 0.25) is 10.0 Å². The first-order chi connectivity index (χ1) is 11.0. The molecule has 2 aromatic rings. The number of hydrogen-bond acceptors (Lipinski definition) is 2. The minimum absolute atomic E-state index is 0.490. The van der Waals surface area contributed by atoms with E-state index >= 15 is 0 Å². The summed E-state index contributed by atoms with van der Waals surface area (Å²) in [6, 6.07) is 4.63. The summed E-state index contributed by atoms with van der Waals surface area (Å²) in [5.41, 5.74) is -2.19. The molecule has 0 radical (unpaired) electrons. The van der Waals surface area contributed by atoms with Crippen molar-refractivity contribution in [1.82, 2.24) is 4.72 Å². The van der Waals surface area contributed by atoms with Crippen LogP contribution < -0.4 is 4.72 Å². The maximum atomic E-state index is 13.8. The fourth-order valence-corrected chi connectivity index (χ4v) is 3.06. The van der Waals surface area contributed by atoms with Crippen molar-refractivity contribution in [2.75, 3.05) is 0 Å². The van der Waals surface area contributed by atoms with Gasteiger partial charge in [-0.15, -0.1) is 0 Å². The second kappa shape index (κ2) is 6.44. The summed E-state index contributed by atoms with van der Waals surface area (Å²) in [6.45, 7) is -0.911. The van der Waals surface area contributed by atoms with Crippen molar-refractivity contribution in [1.29, 1.82) is 0 Å². The Balaban J connectivity index is 2.32. The Morgan fingerprint density at radius 1 is 0.917 bits per heavy atom. The van der Waals surface area contributed by atoms with Crippen molar-refractivity contribution in [3.05, 3.63) is 65.0 Å². The molecule has 0 aromatic heterocycles. The Morgan fingerprint density at radius 2 is 1.46 bits per heavy atom. The van der Waals surface area contributed by atoms with Crippen LogP contribution in [0.1, 0.15) is 11.1 Å². The molecular weight excluding hydrogens is 360 g/mol. The van der Waals surface area contributed by atoms with Crippen LogP contribution in [-0.4, -0.2) is 8.42 Å². The van der Waals surface area contributed by atoms with Gasteiger partial charge in [0.15, 0.2) is 4.90 Å². The number of alkyl halides is 3. The van der Waals surface area contributed by atoms with Crippen LogP contribution in [0.2, 0.25) is 0 Å². The summed E-state index contributed by atoms with van der Waals surface area (Å²) in [6.07, 6.45) is -4.96. The number of benzene rings is 2. The molecule has 0 aliphatic carbocycles. The number of sulfonamides is 1. The Hall–Kier alpha value is -2.07. The van der Waals surface area contributed by atoms with E-state index in [0.717, 1.165) is 18.2 Å². The zero-order valence-electron chi connectivity index (χ0n) is 11.7. The lowest BCUT2D eigenvalue weighted by atomic mass is 10.1. The SMILES string of the molecule is O=S(=O)(NCc1cccc(C(F)(F)F)c1F)c1c(F)cccc1F. The lowest BCUT2D eigenvalue weighted by Crippen LogP contribution is -2.26. The lowest BCUT2D eigenvalue weighted by Gasteiger charge is -2.12. The van der Waals surface area contributed by atoms with Crippen LogP contribution in [0.5, 0.6) is 0 Å². The molecule has 0 bridgehead atoms. The van der Waals surface area contributed by atoms with Crippen LogP contribution in [0.15, 0.2) is 41.3 Å². The highest BCUT2D eigenvalue weighted by Crippen LogP contribution is 2.32. The average Bonchev–Trinajstić information content (AvgIpc) is 2.44. The summed E-state index contributed by atoms with van der Waals surface area (Å²) in [5.74, 6) is -4.43. The van der Waals surface area contributed by atoms with Crippen molar-refractivity contribution >= 4 is 10.0 Å². The van der Waals surface area contributed by atoms with Gasteiger partial charge in [-0.3, -0.25) is 0 Å². The summed E-state index contributed by atoms with van der Waals surface area (Å²) in [7, 11) is -4.73. The van der Waals surface area contributed by atoms with E-state index in [1.807, 2.05) is 0 Å². The van der Waals surface area contributed by atoms with E-state index in [1.165, 1.54) is 0 Å². The second-order valence-corrected chi connectivity index (χ2v) is 6.36. The highest BCUT2D eigenvalue weighted by molar-refractivity contribution is 7.89. The van der Waals surface area contributed by atoms with Crippen LogP contribution in [0.25, 0.3) is 0 Å². The van der Waals surface area contributed by atoms with Crippen molar-refractivity contribution in [3.63, 3.8) is 0 Å². The number of rotatable bonds is 4. The third kappa shape index (κ3) is 3.70. The molecule has 0 unspecified atom stereocenters. The molecule has 2 aromatic carbocycles. The smallest absolute Gasteiger partial charge is 0.207 e. The van der Waals surface area contributed by atoms with Crippen LogP contribution in [-0.2, 0) is 22.7 Å².